The molecule has 1 aliphatic heterocycles. The third-order valence-electron chi connectivity index (χ3n) is 3.19. The van der Waals surface area contributed by atoms with Gasteiger partial charge in [0.2, 0.25) is 5.91 Å². The summed E-state index contributed by atoms with van der Waals surface area (Å²) in [6.45, 7) is 5.78. The molecule has 2 N–H and O–H groups in total. The van der Waals surface area contributed by atoms with Crippen molar-refractivity contribution in [1.29, 1.82) is 0 Å². The molecule has 1 amide bonds. The number of rotatable bonds is 5. The molecule has 2 unspecified atom stereocenters. The highest BCUT2D eigenvalue weighted by molar-refractivity contribution is 5.72. The molecule has 1 heterocycles. The van der Waals surface area contributed by atoms with E-state index in [2.05, 4.69) is 17.6 Å². The average Bonchev–Trinajstić information content (AvgIpc) is 2.25. The van der Waals surface area contributed by atoms with E-state index in [1.807, 2.05) is 0 Å². The molecule has 1 rings (SSSR count). The van der Waals surface area contributed by atoms with Crippen molar-refractivity contribution in [2.24, 2.45) is 5.92 Å². The zero-order chi connectivity index (χ0) is 11.1. The zero-order valence-electron chi connectivity index (χ0n) is 10.0. The van der Waals surface area contributed by atoms with Gasteiger partial charge in [-0.2, -0.15) is 0 Å². The molecule has 0 saturated carbocycles. The van der Waals surface area contributed by atoms with Crippen molar-refractivity contribution >= 4 is 5.91 Å². The van der Waals surface area contributed by atoms with E-state index in [0.717, 1.165) is 13.1 Å². The highest BCUT2D eigenvalue weighted by atomic mass is 16.1. The maximum Gasteiger partial charge on any atom is 0.216 e. The lowest BCUT2D eigenvalue weighted by Crippen LogP contribution is -2.44. The van der Waals surface area contributed by atoms with Gasteiger partial charge in [-0.05, 0) is 31.7 Å². The fraction of sp³-hybridized carbons (Fsp3) is 0.917. The van der Waals surface area contributed by atoms with Crippen LogP contribution in [0.1, 0.15) is 46.0 Å². The smallest absolute Gasteiger partial charge is 0.216 e. The van der Waals surface area contributed by atoms with E-state index in [1.165, 1.54) is 32.1 Å². The van der Waals surface area contributed by atoms with Crippen molar-refractivity contribution in [3.05, 3.63) is 0 Å². The van der Waals surface area contributed by atoms with Gasteiger partial charge in [-0.3, -0.25) is 4.79 Å². The monoisotopic (exact) mass is 212 g/mol. The van der Waals surface area contributed by atoms with Crippen LogP contribution in [-0.4, -0.2) is 25.0 Å². The summed E-state index contributed by atoms with van der Waals surface area (Å²) in [7, 11) is 0. The standard InChI is InChI=1S/C12H24N2O/c1-3-6-11(9-14-10(2)15)12-7-4-5-8-13-12/h11-13H,3-9H2,1-2H3,(H,14,15). The van der Waals surface area contributed by atoms with Crippen LogP contribution in [0.15, 0.2) is 0 Å². The third-order valence-corrected chi connectivity index (χ3v) is 3.19. The minimum absolute atomic E-state index is 0.0897. The molecule has 0 bridgehead atoms. The summed E-state index contributed by atoms with van der Waals surface area (Å²) in [4.78, 5) is 10.9. The molecule has 0 aromatic heterocycles. The molecule has 3 nitrogen and oxygen atoms in total. The maximum absolute atomic E-state index is 10.9. The molecule has 0 aromatic rings. The molecule has 3 heteroatoms. The molecular weight excluding hydrogens is 188 g/mol. The van der Waals surface area contributed by atoms with Gasteiger partial charge in [-0.1, -0.05) is 19.8 Å². The largest absolute Gasteiger partial charge is 0.356 e. The van der Waals surface area contributed by atoms with Crippen LogP contribution in [0.3, 0.4) is 0 Å². The van der Waals surface area contributed by atoms with Crippen molar-refractivity contribution in [1.82, 2.24) is 10.6 Å². The van der Waals surface area contributed by atoms with Gasteiger partial charge in [-0.15, -0.1) is 0 Å². The van der Waals surface area contributed by atoms with Gasteiger partial charge in [0.1, 0.15) is 0 Å². The van der Waals surface area contributed by atoms with Crippen LogP contribution in [0.25, 0.3) is 0 Å². The van der Waals surface area contributed by atoms with Crippen LogP contribution in [-0.2, 0) is 4.79 Å². The number of carbonyl (C=O) groups excluding carboxylic acids is 1. The van der Waals surface area contributed by atoms with Gasteiger partial charge >= 0.3 is 0 Å². The molecule has 15 heavy (non-hydrogen) atoms. The molecule has 0 aliphatic carbocycles. The molecule has 0 radical (unpaired) electrons. The van der Waals surface area contributed by atoms with Crippen LogP contribution in [0.4, 0.5) is 0 Å². The predicted molar refractivity (Wildman–Crippen MR) is 62.7 cm³/mol. The Kier molecular flexibility index (Phi) is 5.69. The van der Waals surface area contributed by atoms with Crippen LogP contribution in [0.2, 0.25) is 0 Å². The van der Waals surface area contributed by atoms with E-state index in [-0.39, 0.29) is 5.91 Å². The Labute approximate surface area is 93.0 Å². The Morgan fingerprint density at radius 1 is 1.53 bits per heavy atom. The lowest BCUT2D eigenvalue weighted by molar-refractivity contribution is -0.119. The molecule has 0 aromatic carbocycles. The summed E-state index contributed by atoms with van der Waals surface area (Å²) in [5, 5.41) is 6.53. The van der Waals surface area contributed by atoms with Gasteiger partial charge in [-0.25, -0.2) is 0 Å². The average molecular weight is 212 g/mol. The lowest BCUT2D eigenvalue weighted by Gasteiger charge is -2.31. The summed E-state index contributed by atoms with van der Waals surface area (Å²) in [5.41, 5.74) is 0. The SMILES string of the molecule is CCCC(CNC(C)=O)C1CCCCN1. The Morgan fingerprint density at radius 2 is 2.33 bits per heavy atom. The third kappa shape index (κ3) is 4.65. The van der Waals surface area contributed by atoms with Gasteiger partial charge in [0, 0.05) is 19.5 Å². The fourth-order valence-corrected chi connectivity index (χ4v) is 2.37. The first-order valence-corrected chi connectivity index (χ1v) is 6.22. The number of hydrogen-bond donors (Lipinski definition) is 2. The van der Waals surface area contributed by atoms with Crippen molar-refractivity contribution in [3.8, 4) is 0 Å². The molecule has 1 fully saturated rings. The Hall–Kier alpha value is -0.570. The molecular formula is C12H24N2O. The molecule has 1 saturated heterocycles. The number of piperidine rings is 1. The van der Waals surface area contributed by atoms with Gasteiger partial charge in [0.05, 0.1) is 0 Å². The summed E-state index contributed by atoms with van der Waals surface area (Å²) < 4.78 is 0. The molecule has 2 atom stereocenters. The summed E-state index contributed by atoms with van der Waals surface area (Å²) >= 11 is 0. The quantitative estimate of drug-likeness (QED) is 0.728. The number of hydrogen-bond acceptors (Lipinski definition) is 2. The fourth-order valence-electron chi connectivity index (χ4n) is 2.37. The Bertz CT molecular complexity index is 188. The zero-order valence-corrected chi connectivity index (χ0v) is 10.0. The van der Waals surface area contributed by atoms with Crippen LogP contribution >= 0.6 is 0 Å². The number of carbonyl (C=O) groups is 1. The van der Waals surface area contributed by atoms with Crippen LogP contribution in [0.5, 0.6) is 0 Å². The lowest BCUT2D eigenvalue weighted by atomic mass is 9.89. The van der Waals surface area contributed by atoms with Gasteiger partial charge in [0.15, 0.2) is 0 Å². The van der Waals surface area contributed by atoms with Crippen molar-refractivity contribution in [2.45, 2.75) is 52.0 Å². The minimum atomic E-state index is 0.0897. The second-order valence-electron chi connectivity index (χ2n) is 4.54. The summed E-state index contributed by atoms with van der Waals surface area (Å²) in [6.07, 6.45) is 6.30. The van der Waals surface area contributed by atoms with Crippen molar-refractivity contribution in [3.63, 3.8) is 0 Å². The number of amides is 1. The summed E-state index contributed by atoms with van der Waals surface area (Å²) in [6, 6.07) is 0.616. The van der Waals surface area contributed by atoms with Crippen molar-refractivity contribution < 1.29 is 4.79 Å². The molecule has 0 spiro atoms. The minimum Gasteiger partial charge on any atom is -0.356 e. The first-order valence-electron chi connectivity index (χ1n) is 6.22. The topological polar surface area (TPSA) is 41.1 Å². The molecule has 88 valence electrons. The second-order valence-corrected chi connectivity index (χ2v) is 4.54. The summed E-state index contributed by atoms with van der Waals surface area (Å²) in [5.74, 6) is 0.700. The van der Waals surface area contributed by atoms with Crippen LogP contribution < -0.4 is 10.6 Å². The van der Waals surface area contributed by atoms with E-state index in [1.54, 1.807) is 6.92 Å². The maximum atomic E-state index is 10.9. The Balaban J connectivity index is 2.36. The van der Waals surface area contributed by atoms with E-state index < -0.39 is 0 Å². The number of nitrogens with one attached hydrogen (secondary N) is 2. The Morgan fingerprint density at radius 3 is 2.87 bits per heavy atom. The van der Waals surface area contributed by atoms with Crippen LogP contribution in [0, 0.1) is 5.92 Å². The highest BCUT2D eigenvalue weighted by Crippen LogP contribution is 2.19. The van der Waals surface area contributed by atoms with E-state index >= 15 is 0 Å². The first kappa shape index (κ1) is 12.5. The van der Waals surface area contributed by atoms with Gasteiger partial charge in [0.25, 0.3) is 0 Å². The van der Waals surface area contributed by atoms with Crippen molar-refractivity contribution in [2.75, 3.05) is 13.1 Å². The predicted octanol–water partition coefficient (Wildman–Crippen LogP) is 1.68. The highest BCUT2D eigenvalue weighted by Gasteiger charge is 2.22. The van der Waals surface area contributed by atoms with E-state index in [4.69, 9.17) is 0 Å². The molecule has 1 aliphatic rings. The normalized spacial score (nSPS) is 23.5. The van der Waals surface area contributed by atoms with E-state index in [0.29, 0.717) is 12.0 Å². The second kappa shape index (κ2) is 6.83. The van der Waals surface area contributed by atoms with E-state index in [9.17, 15) is 4.79 Å². The van der Waals surface area contributed by atoms with Gasteiger partial charge < -0.3 is 10.6 Å². The first-order chi connectivity index (χ1) is 7.24.